The number of methoxy groups -OCH3 is 1. The van der Waals surface area contributed by atoms with E-state index < -0.39 is 0 Å². The molecule has 0 radical (unpaired) electrons. The number of amides is 1. The first-order chi connectivity index (χ1) is 11.3. The molecule has 1 amide bonds. The van der Waals surface area contributed by atoms with Crippen molar-refractivity contribution in [1.82, 2.24) is 15.6 Å². The summed E-state index contributed by atoms with van der Waals surface area (Å²) in [7, 11) is 1.61. The Morgan fingerprint density at radius 2 is 2.08 bits per heavy atom. The van der Waals surface area contributed by atoms with Crippen molar-refractivity contribution in [3.63, 3.8) is 0 Å². The van der Waals surface area contributed by atoms with Crippen LogP contribution in [0.5, 0.6) is 17.4 Å². The summed E-state index contributed by atoms with van der Waals surface area (Å²) in [5.74, 6) is 1.95. The Kier molecular flexibility index (Phi) is 6.40. The van der Waals surface area contributed by atoms with E-state index >= 15 is 0 Å². The monoisotopic (exact) mass is 349 g/mol. The van der Waals surface area contributed by atoms with Crippen LogP contribution in [0.1, 0.15) is 5.56 Å². The number of ether oxygens (including phenoxy) is 2. The van der Waals surface area contributed by atoms with E-state index in [9.17, 15) is 4.79 Å². The highest BCUT2D eigenvalue weighted by atomic mass is 35.5. The fourth-order valence-corrected chi connectivity index (χ4v) is 2.23. The van der Waals surface area contributed by atoms with E-state index in [0.717, 1.165) is 18.7 Å². The van der Waals surface area contributed by atoms with Crippen LogP contribution in [0.3, 0.4) is 0 Å². The molecule has 0 aliphatic carbocycles. The molecule has 3 rings (SSSR count). The van der Waals surface area contributed by atoms with E-state index in [1.54, 1.807) is 19.4 Å². The van der Waals surface area contributed by atoms with Crippen molar-refractivity contribution >= 4 is 18.3 Å². The number of carbonyl (C=O) groups is 1. The quantitative estimate of drug-likeness (QED) is 0.836. The maximum Gasteiger partial charge on any atom is 0.225 e. The molecule has 2 heterocycles. The Bertz CT molecular complexity index is 692. The van der Waals surface area contributed by atoms with Gasteiger partial charge in [-0.2, -0.15) is 0 Å². The van der Waals surface area contributed by atoms with Gasteiger partial charge in [0.05, 0.1) is 13.0 Å². The summed E-state index contributed by atoms with van der Waals surface area (Å²) in [6.45, 7) is 1.88. The number of hydrogen-bond acceptors (Lipinski definition) is 5. The number of rotatable bonds is 6. The Morgan fingerprint density at radius 3 is 2.79 bits per heavy atom. The topological polar surface area (TPSA) is 72.5 Å². The van der Waals surface area contributed by atoms with Gasteiger partial charge in [0, 0.05) is 37.5 Å². The smallest absolute Gasteiger partial charge is 0.225 e. The molecule has 2 aromatic rings. The van der Waals surface area contributed by atoms with E-state index in [1.165, 1.54) is 0 Å². The van der Waals surface area contributed by atoms with Gasteiger partial charge in [-0.1, -0.05) is 12.1 Å². The molecule has 1 aromatic carbocycles. The maximum atomic E-state index is 11.9. The minimum absolute atomic E-state index is 0. The second kappa shape index (κ2) is 8.52. The van der Waals surface area contributed by atoms with E-state index in [-0.39, 0.29) is 24.2 Å². The molecule has 128 valence electrons. The van der Waals surface area contributed by atoms with Crippen molar-refractivity contribution in [3.8, 4) is 17.4 Å². The van der Waals surface area contributed by atoms with Crippen LogP contribution in [0.4, 0.5) is 0 Å². The van der Waals surface area contributed by atoms with Gasteiger partial charge in [0.15, 0.2) is 0 Å². The molecule has 1 aromatic heterocycles. The first kappa shape index (κ1) is 18.0. The minimum atomic E-state index is 0. The van der Waals surface area contributed by atoms with Gasteiger partial charge in [-0.05, 0) is 18.2 Å². The predicted molar refractivity (Wildman–Crippen MR) is 92.8 cm³/mol. The molecule has 0 atom stereocenters. The Hall–Kier alpha value is -2.31. The number of pyridine rings is 1. The lowest BCUT2D eigenvalue weighted by atomic mass is 10.0. The van der Waals surface area contributed by atoms with Crippen LogP contribution in [0.2, 0.25) is 0 Å². The van der Waals surface area contributed by atoms with Gasteiger partial charge < -0.3 is 20.1 Å². The van der Waals surface area contributed by atoms with Crippen molar-refractivity contribution in [2.45, 2.75) is 6.54 Å². The second-order valence-corrected chi connectivity index (χ2v) is 5.32. The lowest BCUT2D eigenvalue weighted by Crippen LogP contribution is -2.50. The molecule has 6 nitrogen and oxygen atoms in total. The molecule has 7 heteroatoms. The van der Waals surface area contributed by atoms with Crippen LogP contribution in [0.25, 0.3) is 0 Å². The molecule has 0 spiro atoms. The van der Waals surface area contributed by atoms with Gasteiger partial charge in [-0.15, -0.1) is 12.4 Å². The molecule has 1 fully saturated rings. The zero-order valence-corrected chi connectivity index (χ0v) is 14.1. The Morgan fingerprint density at radius 1 is 1.29 bits per heavy atom. The number of benzene rings is 1. The summed E-state index contributed by atoms with van der Waals surface area (Å²) in [6, 6.07) is 11.0. The molecular formula is C17H20ClN3O3. The Balaban J connectivity index is 0.00000208. The lowest BCUT2D eigenvalue weighted by Gasteiger charge is -2.25. The number of hydrogen-bond donors (Lipinski definition) is 2. The average Bonchev–Trinajstić information content (AvgIpc) is 2.52. The first-order valence-electron chi connectivity index (χ1n) is 7.50. The van der Waals surface area contributed by atoms with Crippen molar-refractivity contribution in [1.29, 1.82) is 0 Å². The summed E-state index contributed by atoms with van der Waals surface area (Å²) < 4.78 is 11.0. The Labute approximate surface area is 147 Å². The molecule has 0 saturated carbocycles. The average molecular weight is 350 g/mol. The molecule has 2 N–H and O–H groups in total. The van der Waals surface area contributed by atoms with Gasteiger partial charge in [0.25, 0.3) is 0 Å². The SMILES string of the molecule is COc1cccc(Oc2ncccc2CNC(=O)C2CNC2)c1.Cl. The summed E-state index contributed by atoms with van der Waals surface area (Å²) in [5, 5.41) is 6.01. The van der Waals surface area contributed by atoms with Gasteiger partial charge in [-0.3, -0.25) is 4.79 Å². The van der Waals surface area contributed by atoms with Crippen LogP contribution in [-0.4, -0.2) is 31.1 Å². The van der Waals surface area contributed by atoms with Crippen molar-refractivity contribution in [2.75, 3.05) is 20.2 Å². The zero-order chi connectivity index (χ0) is 16.1. The third kappa shape index (κ3) is 4.37. The van der Waals surface area contributed by atoms with E-state index in [0.29, 0.717) is 23.9 Å². The van der Waals surface area contributed by atoms with Gasteiger partial charge >= 0.3 is 0 Å². The number of carbonyl (C=O) groups excluding carboxylic acids is 1. The van der Waals surface area contributed by atoms with Gasteiger partial charge in [0.2, 0.25) is 11.8 Å². The van der Waals surface area contributed by atoms with Crippen LogP contribution in [-0.2, 0) is 11.3 Å². The predicted octanol–water partition coefficient (Wildman–Crippen LogP) is 2.14. The normalized spacial score (nSPS) is 13.4. The summed E-state index contributed by atoms with van der Waals surface area (Å²) in [5.41, 5.74) is 0.830. The fourth-order valence-electron chi connectivity index (χ4n) is 2.23. The number of nitrogens with zero attached hydrogens (tertiary/aromatic N) is 1. The van der Waals surface area contributed by atoms with Crippen LogP contribution < -0.4 is 20.1 Å². The van der Waals surface area contributed by atoms with E-state index in [1.807, 2.05) is 30.3 Å². The summed E-state index contributed by atoms with van der Waals surface area (Å²) >= 11 is 0. The largest absolute Gasteiger partial charge is 0.497 e. The molecule has 1 aliphatic heterocycles. The molecular weight excluding hydrogens is 330 g/mol. The van der Waals surface area contributed by atoms with Crippen molar-refractivity contribution in [3.05, 3.63) is 48.2 Å². The zero-order valence-electron chi connectivity index (χ0n) is 13.3. The molecule has 1 aliphatic rings. The minimum Gasteiger partial charge on any atom is -0.497 e. The van der Waals surface area contributed by atoms with Crippen LogP contribution in [0.15, 0.2) is 42.6 Å². The summed E-state index contributed by atoms with van der Waals surface area (Å²) in [6.07, 6.45) is 1.66. The number of halogens is 1. The standard InChI is InChI=1S/C17H19N3O3.ClH/c1-22-14-5-2-6-15(8-14)23-17-12(4-3-7-19-17)11-20-16(21)13-9-18-10-13;/h2-8,13,18H,9-11H2,1H3,(H,20,21);1H. The highest BCUT2D eigenvalue weighted by Crippen LogP contribution is 2.26. The highest BCUT2D eigenvalue weighted by Gasteiger charge is 2.24. The highest BCUT2D eigenvalue weighted by molar-refractivity contribution is 5.85. The molecule has 0 bridgehead atoms. The number of nitrogens with one attached hydrogen (secondary N) is 2. The second-order valence-electron chi connectivity index (χ2n) is 5.32. The third-order valence-electron chi connectivity index (χ3n) is 3.71. The lowest BCUT2D eigenvalue weighted by molar-refractivity contribution is -0.126. The maximum absolute atomic E-state index is 11.9. The molecule has 1 saturated heterocycles. The van der Waals surface area contributed by atoms with Crippen LogP contribution >= 0.6 is 12.4 Å². The molecule has 0 unspecified atom stereocenters. The van der Waals surface area contributed by atoms with E-state index in [2.05, 4.69) is 15.6 Å². The van der Waals surface area contributed by atoms with Gasteiger partial charge in [0.1, 0.15) is 11.5 Å². The first-order valence-corrected chi connectivity index (χ1v) is 7.50. The van der Waals surface area contributed by atoms with Gasteiger partial charge in [-0.25, -0.2) is 4.98 Å². The van der Waals surface area contributed by atoms with E-state index in [4.69, 9.17) is 9.47 Å². The molecule has 24 heavy (non-hydrogen) atoms. The summed E-state index contributed by atoms with van der Waals surface area (Å²) in [4.78, 5) is 16.2. The van der Waals surface area contributed by atoms with Crippen LogP contribution in [0, 0.1) is 5.92 Å². The third-order valence-corrected chi connectivity index (χ3v) is 3.71. The van der Waals surface area contributed by atoms with Crippen molar-refractivity contribution < 1.29 is 14.3 Å². The van der Waals surface area contributed by atoms with Crippen molar-refractivity contribution in [2.24, 2.45) is 5.92 Å². The fraction of sp³-hybridized carbons (Fsp3) is 0.294. The number of aromatic nitrogens is 1.